The summed E-state index contributed by atoms with van der Waals surface area (Å²) in [6.45, 7) is 3.67. The van der Waals surface area contributed by atoms with E-state index in [-0.39, 0.29) is 41.7 Å². The first kappa shape index (κ1) is 28.8. The number of carbonyl (C=O) groups is 1. The number of hydrogen-bond donors (Lipinski definition) is 1. The largest absolute Gasteiger partial charge is 0.483 e. The maximum absolute atomic E-state index is 13.4. The Morgan fingerprint density at radius 2 is 1.82 bits per heavy atom. The van der Waals surface area contributed by atoms with Crippen LogP contribution in [0.4, 0.5) is 24.7 Å². The zero-order valence-electron chi connectivity index (χ0n) is 20.7. The van der Waals surface area contributed by atoms with Crippen molar-refractivity contribution in [2.45, 2.75) is 41.6 Å². The lowest BCUT2D eigenvalue weighted by Gasteiger charge is -2.39. The molecule has 210 valence electrons. The Hall–Kier alpha value is -3.15. The molecule has 3 aliphatic heterocycles. The molecule has 15 heteroatoms. The maximum Gasteiger partial charge on any atom is 0.433 e. The van der Waals surface area contributed by atoms with Gasteiger partial charge in [0, 0.05) is 50.5 Å². The van der Waals surface area contributed by atoms with Crippen molar-refractivity contribution >= 4 is 39.4 Å². The number of fused-ring (bicyclic) bond motifs is 1. The summed E-state index contributed by atoms with van der Waals surface area (Å²) in [4.78, 5) is 21.6. The zero-order chi connectivity index (χ0) is 28.4. The Kier molecular flexibility index (Phi) is 8.53. The topological polar surface area (TPSA) is 131 Å². The number of benzene rings is 1. The molecule has 10 nitrogen and oxygen atoms in total. The van der Waals surface area contributed by atoms with Gasteiger partial charge < -0.3 is 14.9 Å². The van der Waals surface area contributed by atoms with Crippen molar-refractivity contribution in [1.29, 1.82) is 5.26 Å². The number of piperazine rings is 1. The molecule has 0 amide bonds. The summed E-state index contributed by atoms with van der Waals surface area (Å²) in [7, 11) is -3.86. The van der Waals surface area contributed by atoms with E-state index in [2.05, 4.69) is 19.8 Å². The van der Waals surface area contributed by atoms with E-state index in [9.17, 15) is 21.6 Å². The van der Waals surface area contributed by atoms with Gasteiger partial charge in [-0.3, -0.25) is 9.69 Å². The highest BCUT2D eigenvalue weighted by atomic mass is 35.5. The second-order valence-corrected chi connectivity index (χ2v) is 12.0. The normalized spacial score (nSPS) is 21.6. The number of anilines is 2. The Morgan fingerprint density at radius 3 is 2.49 bits per heavy atom. The third kappa shape index (κ3) is 6.21. The average molecular weight is 587 g/mol. The molecular formula is C24H26ClF3N6O4S. The van der Waals surface area contributed by atoms with E-state index in [1.54, 1.807) is 12.1 Å². The minimum Gasteiger partial charge on any atom is -0.483 e. The van der Waals surface area contributed by atoms with Gasteiger partial charge in [0.2, 0.25) is 5.82 Å². The van der Waals surface area contributed by atoms with Gasteiger partial charge in [-0.25, -0.2) is 18.4 Å². The molecule has 1 aromatic heterocycles. The summed E-state index contributed by atoms with van der Waals surface area (Å²) in [6, 6.07) is 7.76. The van der Waals surface area contributed by atoms with Crippen molar-refractivity contribution in [3.05, 3.63) is 40.8 Å². The van der Waals surface area contributed by atoms with Crippen molar-refractivity contribution in [2.24, 2.45) is 0 Å². The molecule has 0 saturated carbocycles. The van der Waals surface area contributed by atoms with E-state index in [1.807, 2.05) is 0 Å². The van der Waals surface area contributed by atoms with Crippen molar-refractivity contribution in [1.82, 2.24) is 14.9 Å². The number of nitriles is 1. The molecule has 0 unspecified atom stereocenters. The molecule has 3 fully saturated rings. The van der Waals surface area contributed by atoms with Gasteiger partial charge >= 0.3 is 6.18 Å². The van der Waals surface area contributed by atoms with Crippen LogP contribution in [-0.4, -0.2) is 85.4 Å². The molecule has 2 atom stereocenters. The number of carboxylic acid groups (broad SMARTS) is 1. The fourth-order valence-corrected chi connectivity index (χ4v) is 7.54. The molecular weight excluding hydrogens is 561 g/mol. The Morgan fingerprint density at radius 1 is 1.08 bits per heavy atom. The smallest absolute Gasteiger partial charge is 0.433 e. The molecule has 4 heterocycles. The van der Waals surface area contributed by atoms with Crippen LogP contribution in [0, 0.1) is 11.3 Å². The monoisotopic (exact) mass is 586 g/mol. The van der Waals surface area contributed by atoms with Crippen molar-refractivity contribution in [3.63, 3.8) is 0 Å². The average Bonchev–Trinajstić information content (AvgIpc) is 3.58. The molecule has 0 radical (unpaired) electrons. The zero-order valence-corrected chi connectivity index (χ0v) is 22.3. The summed E-state index contributed by atoms with van der Waals surface area (Å²) in [5, 5.41) is 15.2. The summed E-state index contributed by atoms with van der Waals surface area (Å²) < 4.78 is 66.4. The van der Waals surface area contributed by atoms with Crippen molar-refractivity contribution in [2.75, 3.05) is 49.1 Å². The Labute approximate surface area is 228 Å². The first-order valence-corrected chi connectivity index (χ1v) is 14.1. The van der Waals surface area contributed by atoms with Gasteiger partial charge in [0.05, 0.1) is 15.2 Å². The van der Waals surface area contributed by atoms with E-state index in [4.69, 9.17) is 26.8 Å². The van der Waals surface area contributed by atoms with E-state index in [0.717, 1.165) is 44.4 Å². The Balaban J connectivity index is 0.00000112. The molecule has 5 rings (SSSR count). The predicted octanol–water partition coefficient (Wildman–Crippen LogP) is 3.06. The molecule has 0 bridgehead atoms. The van der Waals surface area contributed by atoms with E-state index in [1.165, 1.54) is 23.5 Å². The molecule has 1 aromatic carbocycles. The van der Waals surface area contributed by atoms with Gasteiger partial charge in [-0.2, -0.15) is 18.4 Å². The van der Waals surface area contributed by atoms with Gasteiger partial charge in [0.15, 0.2) is 15.5 Å². The van der Waals surface area contributed by atoms with Crippen LogP contribution in [0.3, 0.4) is 0 Å². The second-order valence-electron chi connectivity index (χ2n) is 9.44. The molecule has 0 spiro atoms. The number of hydrogen-bond acceptors (Lipinski definition) is 9. The lowest BCUT2D eigenvalue weighted by molar-refractivity contribution is -0.141. The van der Waals surface area contributed by atoms with Crippen LogP contribution in [0.15, 0.2) is 29.2 Å². The molecule has 0 aliphatic carbocycles. The van der Waals surface area contributed by atoms with Crippen LogP contribution in [0.1, 0.15) is 30.8 Å². The van der Waals surface area contributed by atoms with E-state index < -0.39 is 32.8 Å². The first-order chi connectivity index (χ1) is 18.5. The lowest BCUT2D eigenvalue weighted by Crippen LogP contribution is -2.50. The highest BCUT2D eigenvalue weighted by Crippen LogP contribution is 2.35. The number of rotatable bonds is 4. The van der Waals surface area contributed by atoms with Crippen LogP contribution < -0.4 is 9.80 Å². The van der Waals surface area contributed by atoms with Crippen LogP contribution >= 0.6 is 11.6 Å². The summed E-state index contributed by atoms with van der Waals surface area (Å²) in [6.07, 6.45) is -2.22. The first-order valence-electron chi connectivity index (χ1n) is 12.2. The third-order valence-corrected chi connectivity index (χ3v) is 9.84. The van der Waals surface area contributed by atoms with Gasteiger partial charge in [0.1, 0.15) is 11.9 Å². The second kappa shape index (κ2) is 11.5. The van der Waals surface area contributed by atoms with E-state index >= 15 is 0 Å². The van der Waals surface area contributed by atoms with Gasteiger partial charge in [-0.15, -0.1) is 0 Å². The van der Waals surface area contributed by atoms with Gasteiger partial charge in [0.25, 0.3) is 6.47 Å². The Bertz CT molecular complexity index is 1370. The van der Waals surface area contributed by atoms with Crippen LogP contribution in [0.25, 0.3) is 0 Å². The van der Waals surface area contributed by atoms with Gasteiger partial charge in [-0.1, -0.05) is 11.6 Å². The molecule has 3 aliphatic rings. The molecule has 2 aromatic rings. The number of aromatic nitrogens is 2. The summed E-state index contributed by atoms with van der Waals surface area (Å²) in [5.41, 5.74) is -0.365. The molecule has 1 N–H and O–H groups in total. The number of alkyl halides is 3. The highest BCUT2D eigenvalue weighted by Gasteiger charge is 2.39. The van der Waals surface area contributed by atoms with Gasteiger partial charge in [-0.05, 0) is 44.0 Å². The van der Waals surface area contributed by atoms with E-state index in [0.29, 0.717) is 6.04 Å². The summed E-state index contributed by atoms with van der Waals surface area (Å²) >= 11 is 6.48. The highest BCUT2D eigenvalue weighted by molar-refractivity contribution is 7.92. The molecule has 39 heavy (non-hydrogen) atoms. The number of sulfone groups is 1. The lowest BCUT2D eigenvalue weighted by atomic mass is 10.1. The van der Waals surface area contributed by atoms with Crippen LogP contribution in [0.2, 0.25) is 5.02 Å². The quantitative estimate of drug-likeness (QED) is 0.533. The van der Waals surface area contributed by atoms with Crippen LogP contribution in [0.5, 0.6) is 0 Å². The predicted molar refractivity (Wildman–Crippen MR) is 137 cm³/mol. The number of nitrogens with zero attached hydrogens (tertiary/aromatic N) is 6. The fourth-order valence-electron chi connectivity index (χ4n) is 5.30. The summed E-state index contributed by atoms with van der Waals surface area (Å²) in [5.74, 6) is -0.748. The maximum atomic E-state index is 13.4. The standard InChI is InChI=1S/C23H24ClF3N6O2S.CH2O2/c24-18-10-15(32-9-8-31-6-1-2-16(31)13-32)3-4-19(18)36(34,35)17-5-7-33(14-17)22-11-20(23(25,26)27)29-21(12-28)30-22;2-1-3/h3-4,10-11,16-17H,1-2,5-9,13-14H2;1H,(H,2,3)/t16-,17-;/m0./s1. The van der Waals surface area contributed by atoms with Crippen molar-refractivity contribution < 1.29 is 31.5 Å². The van der Waals surface area contributed by atoms with Crippen molar-refractivity contribution in [3.8, 4) is 6.07 Å². The minimum atomic E-state index is -4.76. The third-order valence-electron chi connectivity index (χ3n) is 7.19. The number of halogens is 4. The van der Waals surface area contributed by atoms with Crippen LogP contribution in [-0.2, 0) is 20.8 Å². The minimum absolute atomic E-state index is 0.00986. The fraction of sp³-hybridized carbons (Fsp3) is 0.500. The molecule has 3 saturated heterocycles. The SMILES string of the molecule is N#Cc1nc(N2CC[C@H](S(=O)(=O)c3ccc(N4CCN5CCC[C@H]5C4)cc3Cl)C2)cc(C(F)(F)F)n1.O=CO.